The minimum atomic E-state index is -1.10. The van der Waals surface area contributed by atoms with Crippen LogP contribution in [-0.2, 0) is 0 Å². The molecule has 3 rings (SSSR count). The van der Waals surface area contributed by atoms with Gasteiger partial charge in [-0.3, -0.25) is 4.79 Å². The molecule has 5 heteroatoms. The van der Waals surface area contributed by atoms with Crippen LogP contribution in [0.5, 0.6) is 5.75 Å². The molecule has 5 nitrogen and oxygen atoms in total. The molecule has 1 aromatic heterocycles. The van der Waals surface area contributed by atoms with Crippen molar-refractivity contribution in [2.45, 2.75) is 13.8 Å². The molecular formula is C21H18O5. The monoisotopic (exact) mass is 350 g/mol. The van der Waals surface area contributed by atoms with Crippen molar-refractivity contribution >= 4 is 29.1 Å². The third-order valence-corrected chi connectivity index (χ3v) is 4.01. The zero-order valence-electron chi connectivity index (χ0n) is 14.5. The summed E-state index contributed by atoms with van der Waals surface area (Å²) in [5.74, 6) is -0.726. The van der Waals surface area contributed by atoms with Crippen LogP contribution in [0.2, 0.25) is 0 Å². The zero-order valence-corrected chi connectivity index (χ0v) is 14.5. The van der Waals surface area contributed by atoms with Crippen LogP contribution in [0.25, 0.3) is 23.1 Å². The van der Waals surface area contributed by atoms with Crippen molar-refractivity contribution in [3.8, 4) is 5.75 Å². The first-order valence-electron chi connectivity index (χ1n) is 8.22. The Morgan fingerprint density at radius 2 is 1.96 bits per heavy atom. The second-order valence-electron chi connectivity index (χ2n) is 5.76. The van der Waals surface area contributed by atoms with Crippen LogP contribution in [0.15, 0.2) is 51.7 Å². The Kier molecular flexibility index (Phi) is 4.89. The number of rotatable bonds is 5. The average molecular weight is 350 g/mol. The fraction of sp³-hybridized carbons (Fsp3) is 0.143. The highest BCUT2D eigenvalue weighted by molar-refractivity contribution is 5.93. The number of aryl methyl sites for hydroxylation is 1. The van der Waals surface area contributed by atoms with Gasteiger partial charge in [0.1, 0.15) is 5.58 Å². The first-order valence-corrected chi connectivity index (χ1v) is 8.22. The van der Waals surface area contributed by atoms with Crippen LogP contribution in [-0.4, -0.2) is 17.7 Å². The van der Waals surface area contributed by atoms with E-state index in [0.717, 1.165) is 11.1 Å². The normalized spacial score (nSPS) is 11.2. The third-order valence-electron chi connectivity index (χ3n) is 4.01. The van der Waals surface area contributed by atoms with Gasteiger partial charge in [-0.15, -0.1) is 0 Å². The van der Waals surface area contributed by atoms with E-state index in [0.29, 0.717) is 18.0 Å². The van der Waals surface area contributed by atoms with Crippen molar-refractivity contribution in [3.05, 3.63) is 75.1 Å². The van der Waals surface area contributed by atoms with Crippen LogP contribution in [0.3, 0.4) is 0 Å². The molecule has 0 bridgehead atoms. The molecule has 1 heterocycles. The van der Waals surface area contributed by atoms with Gasteiger partial charge in [-0.1, -0.05) is 30.3 Å². The molecule has 0 saturated carbocycles. The minimum Gasteiger partial charge on any atom is -0.487 e. The first kappa shape index (κ1) is 17.5. The summed E-state index contributed by atoms with van der Waals surface area (Å²) in [6, 6.07) is 12.0. The number of carboxylic acids is 1. The van der Waals surface area contributed by atoms with Gasteiger partial charge in [0.2, 0.25) is 11.2 Å². The lowest BCUT2D eigenvalue weighted by molar-refractivity contribution is 0.0697. The molecule has 26 heavy (non-hydrogen) atoms. The van der Waals surface area contributed by atoms with Crippen LogP contribution >= 0.6 is 0 Å². The number of carbonyl (C=O) groups is 1. The van der Waals surface area contributed by atoms with Gasteiger partial charge in [0.05, 0.1) is 17.6 Å². The van der Waals surface area contributed by atoms with Crippen molar-refractivity contribution in [1.82, 2.24) is 0 Å². The van der Waals surface area contributed by atoms with Crippen molar-refractivity contribution in [3.63, 3.8) is 0 Å². The molecule has 0 aliphatic carbocycles. The zero-order chi connectivity index (χ0) is 18.7. The Balaban J connectivity index is 2.17. The predicted octanol–water partition coefficient (Wildman–Crippen LogP) is 4.37. The van der Waals surface area contributed by atoms with E-state index in [2.05, 4.69) is 0 Å². The Labute approximate surface area is 150 Å². The van der Waals surface area contributed by atoms with Gasteiger partial charge < -0.3 is 14.3 Å². The summed E-state index contributed by atoms with van der Waals surface area (Å²) in [5.41, 5.74) is 2.04. The summed E-state index contributed by atoms with van der Waals surface area (Å²) in [5, 5.41) is 9.31. The van der Waals surface area contributed by atoms with Gasteiger partial charge in [0.25, 0.3) is 0 Å². The lowest BCUT2D eigenvalue weighted by Crippen LogP contribution is -2.11. The van der Waals surface area contributed by atoms with Gasteiger partial charge in [0, 0.05) is 0 Å². The molecular weight excluding hydrogens is 332 g/mol. The van der Waals surface area contributed by atoms with Crippen molar-refractivity contribution < 1.29 is 19.1 Å². The average Bonchev–Trinajstić information content (AvgIpc) is 2.63. The summed E-state index contributed by atoms with van der Waals surface area (Å²) in [7, 11) is 0. The number of benzene rings is 2. The smallest absolute Gasteiger partial charge is 0.335 e. The second-order valence-corrected chi connectivity index (χ2v) is 5.76. The molecule has 1 N–H and O–H groups in total. The van der Waals surface area contributed by atoms with Gasteiger partial charge in [-0.25, -0.2) is 4.79 Å². The summed E-state index contributed by atoms with van der Waals surface area (Å²) >= 11 is 0. The maximum atomic E-state index is 12.8. The number of fused-ring (bicyclic) bond motifs is 1. The van der Waals surface area contributed by atoms with Crippen molar-refractivity contribution in [1.29, 1.82) is 0 Å². The Morgan fingerprint density at radius 3 is 2.65 bits per heavy atom. The van der Waals surface area contributed by atoms with E-state index in [4.69, 9.17) is 14.3 Å². The van der Waals surface area contributed by atoms with Gasteiger partial charge in [-0.2, -0.15) is 0 Å². The van der Waals surface area contributed by atoms with Gasteiger partial charge in [0.15, 0.2) is 5.76 Å². The Hall–Kier alpha value is -3.34. The highest BCUT2D eigenvalue weighted by atomic mass is 16.5. The summed E-state index contributed by atoms with van der Waals surface area (Å²) in [6.45, 7) is 4.05. The Bertz CT molecular complexity index is 1060. The van der Waals surface area contributed by atoms with Crippen LogP contribution in [0.4, 0.5) is 0 Å². The molecule has 0 radical (unpaired) electrons. The van der Waals surface area contributed by atoms with Crippen LogP contribution in [0.1, 0.15) is 34.2 Å². The molecule has 132 valence electrons. The fourth-order valence-electron chi connectivity index (χ4n) is 2.66. The molecule has 0 aliphatic rings. The quantitative estimate of drug-likeness (QED) is 0.739. The number of carboxylic acid groups (broad SMARTS) is 1. The van der Waals surface area contributed by atoms with Crippen LogP contribution < -0.4 is 10.2 Å². The Morgan fingerprint density at radius 1 is 1.19 bits per heavy atom. The molecule has 0 atom stereocenters. The van der Waals surface area contributed by atoms with Gasteiger partial charge >= 0.3 is 5.97 Å². The van der Waals surface area contributed by atoms with Gasteiger partial charge in [-0.05, 0) is 49.2 Å². The SMILES string of the molecule is CCOc1c(C=Cc2ccccc2C)oc2ccc(C(=O)O)cc2c1=O. The van der Waals surface area contributed by atoms with E-state index in [1.807, 2.05) is 37.3 Å². The van der Waals surface area contributed by atoms with Crippen molar-refractivity contribution in [2.24, 2.45) is 0 Å². The van der Waals surface area contributed by atoms with E-state index in [1.54, 1.807) is 13.0 Å². The van der Waals surface area contributed by atoms with E-state index in [1.165, 1.54) is 18.2 Å². The van der Waals surface area contributed by atoms with E-state index < -0.39 is 5.97 Å². The number of hydrogen-bond acceptors (Lipinski definition) is 4. The van der Waals surface area contributed by atoms with E-state index in [-0.39, 0.29) is 22.1 Å². The standard InChI is InChI=1S/C21H18O5/c1-3-25-20-18(11-8-14-7-5-4-6-13(14)2)26-17-10-9-15(21(23)24)12-16(17)19(20)22/h4-12H,3H2,1-2H3,(H,23,24). The second kappa shape index (κ2) is 7.27. The molecule has 3 aromatic rings. The topological polar surface area (TPSA) is 76.7 Å². The lowest BCUT2D eigenvalue weighted by Gasteiger charge is -2.08. The molecule has 0 amide bonds. The number of aromatic carboxylic acids is 1. The van der Waals surface area contributed by atoms with Crippen LogP contribution in [0, 0.1) is 6.92 Å². The molecule has 0 saturated heterocycles. The molecule has 0 spiro atoms. The molecule has 0 fully saturated rings. The van der Waals surface area contributed by atoms with E-state index in [9.17, 15) is 9.59 Å². The molecule has 2 aromatic carbocycles. The summed E-state index contributed by atoms with van der Waals surface area (Å²) in [4.78, 5) is 23.9. The summed E-state index contributed by atoms with van der Waals surface area (Å²) in [6.07, 6.45) is 3.55. The highest BCUT2D eigenvalue weighted by Gasteiger charge is 2.15. The molecule has 0 unspecified atom stereocenters. The lowest BCUT2D eigenvalue weighted by atomic mass is 10.1. The van der Waals surface area contributed by atoms with E-state index >= 15 is 0 Å². The predicted molar refractivity (Wildman–Crippen MR) is 101 cm³/mol. The number of hydrogen-bond donors (Lipinski definition) is 1. The summed E-state index contributed by atoms with van der Waals surface area (Å²) < 4.78 is 11.3. The van der Waals surface area contributed by atoms with Crippen molar-refractivity contribution in [2.75, 3.05) is 6.61 Å². The minimum absolute atomic E-state index is 0.0236. The highest BCUT2D eigenvalue weighted by Crippen LogP contribution is 2.24. The maximum Gasteiger partial charge on any atom is 0.335 e. The molecule has 0 aliphatic heterocycles. The largest absolute Gasteiger partial charge is 0.487 e. The first-order chi connectivity index (χ1) is 12.5. The number of ether oxygens (including phenoxy) is 1. The maximum absolute atomic E-state index is 12.8. The third kappa shape index (κ3) is 3.37. The fourth-order valence-corrected chi connectivity index (χ4v) is 2.66.